The van der Waals surface area contributed by atoms with E-state index in [4.69, 9.17) is 5.11 Å². The second kappa shape index (κ2) is 7.23. The monoisotopic (exact) mass is 343 g/mol. The van der Waals surface area contributed by atoms with Crippen molar-refractivity contribution in [2.24, 2.45) is 5.92 Å². The Morgan fingerprint density at radius 3 is 2.71 bits per heavy atom. The van der Waals surface area contributed by atoms with Crippen molar-refractivity contribution < 1.29 is 27.9 Å². The molecule has 24 heavy (non-hydrogen) atoms. The molecule has 0 unspecified atom stereocenters. The molecule has 2 rings (SSSR count). The highest BCUT2D eigenvalue weighted by molar-refractivity contribution is 5.78. The summed E-state index contributed by atoms with van der Waals surface area (Å²) in [6.45, 7) is 2.37. The standard InChI is InChI=1S/C17H20F3NO3/c1-11(12-4-2-6-14(9-12)17(18,19)20)8-15(22)21-7-3-5-13(10-21)16(23)24/h2,4,6,9,11,13H,3,5,7-8,10H2,1H3,(H,23,24)/t11-,13+/m0/s1. The fourth-order valence-corrected chi connectivity index (χ4v) is 2.94. The number of hydrogen-bond acceptors (Lipinski definition) is 2. The van der Waals surface area contributed by atoms with Crippen LogP contribution in [0.25, 0.3) is 0 Å². The first kappa shape index (κ1) is 18.3. The SMILES string of the molecule is C[C@@H](CC(=O)N1CCC[C@@H](C(=O)O)C1)c1cccc(C(F)(F)F)c1. The number of halogens is 3. The van der Waals surface area contributed by atoms with Gasteiger partial charge in [0.25, 0.3) is 0 Å². The Morgan fingerprint density at radius 2 is 2.08 bits per heavy atom. The second-order valence-electron chi connectivity index (χ2n) is 6.25. The number of piperidine rings is 1. The van der Waals surface area contributed by atoms with Crippen LogP contribution in [0.2, 0.25) is 0 Å². The zero-order valence-corrected chi connectivity index (χ0v) is 13.3. The molecule has 0 aliphatic carbocycles. The molecule has 1 aliphatic rings. The van der Waals surface area contributed by atoms with Gasteiger partial charge in [0.2, 0.25) is 5.91 Å². The van der Waals surface area contributed by atoms with Gasteiger partial charge in [0.1, 0.15) is 0 Å². The number of carbonyl (C=O) groups excluding carboxylic acids is 1. The third-order valence-corrected chi connectivity index (χ3v) is 4.39. The van der Waals surface area contributed by atoms with Gasteiger partial charge in [-0.25, -0.2) is 0 Å². The summed E-state index contributed by atoms with van der Waals surface area (Å²) in [6.07, 6.45) is -3.18. The fourth-order valence-electron chi connectivity index (χ4n) is 2.94. The number of likely N-dealkylation sites (tertiary alicyclic amines) is 1. The van der Waals surface area contributed by atoms with Crippen molar-refractivity contribution in [3.63, 3.8) is 0 Å². The molecule has 0 bridgehead atoms. The first-order valence-electron chi connectivity index (χ1n) is 7.86. The predicted octanol–water partition coefficient (Wildman–Crippen LogP) is 3.52. The lowest BCUT2D eigenvalue weighted by atomic mass is 9.93. The van der Waals surface area contributed by atoms with Gasteiger partial charge in [0.05, 0.1) is 11.5 Å². The zero-order chi connectivity index (χ0) is 17.9. The summed E-state index contributed by atoms with van der Waals surface area (Å²) in [4.78, 5) is 24.9. The molecule has 1 saturated heterocycles. The van der Waals surface area contributed by atoms with Gasteiger partial charge in [0.15, 0.2) is 0 Å². The molecule has 1 aromatic carbocycles. The number of hydrogen-bond donors (Lipinski definition) is 1. The Labute approximate surface area is 138 Å². The zero-order valence-electron chi connectivity index (χ0n) is 13.3. The number of carboxylic acids is 1. The average molecular weight is 343 g/mol. The third-order valence-electron chi connectivity index (χ3n) is 4.39. The van der Waals surface area contributed by atoms with E-state index in [-0.39, 0.29) is 24.8 Å². The van der Waals surface area contributed by atoms with Gasteiger partial charge in [-0.3, -0.25) is 9.59 Å². The molecule has 7 heteroatoms. The van der Waals surface area contributed by atoms with Crippen LogP contribution in [0.1, 0.15) is 43.2 Å². The van der Waals surface area contributed by atoms with E-state index in [0.717, 1.165) is 12.1 Å². The highest BCUT2D eigenvalue weighted by Gasteiger charge is 2.31. The fraction of sp³-hybridized carbons (Fsp3) is 0.529. The molecule has 2 atom stereocenters. The van der Waals surface area contributed by atoms with E-state index in [1.165, 1.54) is 11.0 Å². The largest absolute Gasteiger partial charge is 0.481 e. The highest BCUT2D eigenvalue weighted by Crippen LogP contribution is 2.32. The summed E-state index contributed by atoms with van der Waals surface area (Å²) >= 11 is 0. The molecule has 0 radical (unpaired) electrons. The summed E-state index contributed by atoms with van der Waals surface area (Å²) in [5.41, 5.74) is -0.284. The average Bonchev–Trinajstić information content (AvgIpc) is 2.54. The molecule has 0 spiro atoms. The number of rotatable bonds is 4. The summed E-state index contributed by atoms with van der Waals surface area (Å²) in [5, 5.41) is 9.06. The maximum absolute atomic E-state index is 12.8. The van der Waals surface area contributed by atoms with Crippen molar-refractivity contribution in [2.45, 2.75) is 38.3 Å². The molecule has 1 fully saturated rings. The first-order valence-corrected chi connectivity index (χ1v) is 7.86. The molecule has 1 N–H and O–H groups in total. The van der Waals surface area contributed by atoms with Crippen molar-refractivity contribution in [3.8, 4) is 0 Å². The van der Waals surface area contributed by atoms with E-state index in [0.29, 0.717) is 24.9 Å². The molecule has 1 aromatic rings. The van der Waals surface area contributed by atoms with E-state index < -0.39 is 23.6 Å². The van der Waals surface area contributed by atoms with Gasteiger partial charge in [0, 0.05) is 19.5 Å². The lowest BCUT2D eigenvalue weighted by Crippen LogP contribution is -2.42. The van der Waals surface area contributed by atoms with Crippen LogP contribution in [0, 0.1) is 5.92 Å². The van der Waals surface area contributed by atoms with Crippen molar-refractivity contribution in [1.29, 1.82) is 0 Å². The molecule has 1 amide bonds. The Bertz CT molecular complexity index is 615. The molecule has 1 aliphatic heterocycles. The minimum Gasteiger partial charge on any atom is -0.481 e. The van der Waals surface area contributed by atoms with Gasteiger partial charge in [-0.1, -0.05) is 25.1 Å². The van der Waals surface area contributed by atoms with E-state index in [1.54, 1.807) is 13.0 Å². The second-order valence-corrected chi connectivity index (χ2v) is 6.25. The van der Waals surface area contributed by atoms with E-state index in [9.17, 15) is 22.8 Å². The van der Waals surface area contributed by atoms with E-state index in [2.05, 4.69) is 0 Å². The van der Waals surface area contributed by atoms with Crippen LogP contribution < -0.4 is 0 Å². The number of alkyl halides is 3. The number of nitrogens with zero attached hydrogens (tertiary/aromatic N) is 1. The van der Waals surface area contributed by atoms with Crippen LogP contribution in [-0.4, -0.2) is 35.0 Å². The maximum Gasteiger partial charge on any atom is 0.416 e. The number of benzene rings is 1. The predicted molar refractivity (Wildman–Crippen MR) is 81.4 cm³/mol. The van der Waals surface area contributed by atoms with Crippen molar-refractivity contribution >= 4 is 11.9 Å². The quantitative estimate of drug-likeness (QED) is 0.910. The Morgan fingerprint density at radius 1 is 1.38 bits per heavy atom. The van der Waals surface area contributed by atoms with E-state index in [1.807, 2.05) is 0 Å². The smallest absolute Gasteiger partial charge is 0.416 e. The van der Waals surface area contributed by atoms with E-state index >= 15 is 0 Å². The molecule has 0 saturated carbocycles. The molecule has 0 aromatic heterocycles. The number of amides is 1. The van der Waals surface area contributed by atoms with Gasteiger partial charge >= 0.3 is 12.1 Å². The lowest BCUT2D eigenvalue weighted by Gasteiger charge is -2.31. The topological polar surface area (TPSA) is 57.6 Å². The Kier molecular flexibility index (Phi) is 5.51. The summed E-state index contributed by atoms with van der Waals surface area (Å²) in [7, 11) is 0. The van der Waals surface area contributed by atoms with Gasteiger partial charge in [-0.05, 0) is 30.4 Å². The maximum atomic E-state index is 12.8. The van der Waals surface area contributed by atoms with Gasteiger partial charge in [-0.2, -0.15) is 13.2 Å². The van der Waals surface area contributed by atoms with Crippen LogP contribution in [0.3, 0.4) is 0 Å². The lowest BCUT2D eigenvalue weighted by molar-refractivity contribution is -0.145. The van der Waals surface area contributed by atoms with Crippen LogP contribution in [-0.2, 0) is 15.8 Å². The number of carbonyl (C=O) groups is 2. The van der Waals surface area contributed by atoms with Crippen LogP contribution in [0.4, 0.5) is 13.2 Å². The van der Waals surface area contributed by atoms with Gasteiger partial charge < -0.3 is 10.0 Å². The van der Waals surface area contributed by atoms with Crippen LogP contribution >= 0.6 is 0 Å². The minimum atomic E-state index is -4.42. The number of aliphatic carboxylic acids is 1. The highest BCUT2D eigenvalue weighted by atomic mass is 19.4. The normalized spacial score (nSPS) is 19.8. The van der Waals surface area contributed by atoms with Crippen molar-refractivity contribution in [3.05, 3.63) is 35.4 Å². The molecular formula is C17H20F3NO3. The molecular weight excluding hydrogens is 323 g/mol. The van der Waals surface area contributed by atoms with Gasteiger partial charge in [-0.15, -0.1) is 0 Å². The van der Waals surface area contributed by atoms with Crippen LogP contribution in [0.5, 0.6) is 0 Å². The van der Waals surface area contributed by atoms with Crippen LogP contribution in [0.15, 0.2) is 24.3 Å². The summed E-state index contributed by atoms with van der Waals surface area (Å²) in [5.74, 6) is -2.07. The summed E-state index contributed by atoms with van der Waals surface area (Å²) < 4.78 is 38.3. The summed E-state index contributed by atoms with van der Waals surface area (Å²) in [6, 6.07) is 4.97. The molecule has 1 heterocycles. The Balaban J connectivity index is 2.02. The first-order chi connectivity index (χ1) is 11.2. The molecule has 4 nitrogen and oxygen atoms in total. The van der Waals surface area contributed by atoms with Crippen molar-refractivity contribution in [1.82, 2.24) is 4.90 Å². The van der Waals surface area contributed by atoms with Crippen molar-refractivity contribution in [2.75, 3.05) is 13.1 Å². The Hall–Kier alpha value is -2.05. The number of carboxylic acid groups (broad SMARTS) is 1. The molecule has 132 valence electrons. The third kappa shape index (κ3) is 4.49. The minimum absolute atomic E-state index is 0.0631.